The molecule has 1 N–H and O–H groups in total. The Morgan fingerprint density at radius 2 is 2.29 bits per heavy atom. The van der Waals surface area contributed by atoms with Crippen molar-refractivity contribution >= 4 is 11.1 Å². The van der Waals surface area contributed by atoms with Crippen LogP contribution in [0.4, 0.5) is 0 Å². The molecule has 4 heteroatoms. The molecule has 3 rings (SSSR count). The van der Waals surface area contributed by atoms with E-state index in [-0.39, 0.29) is 0 Å². The van der Waals surface area contributed by atoms with Crippen LogP contribution in [-0.4, -0.2) is 25.2 Å². The zero-order valence-corrected chi connectivity index (χ0v) is 10.1. The molecule has 2 unspecified atom stereocenters. The van der Waals surface area contributed by atoms with Crippen LogP contribution in [0.15, 0.2) is 22.6 Å². The molecule has 0 aliphatic carbocycles. The number of aromatic nitrogens is 1. The third-order valence-electron chi connectivity index (χ3n) is 3.45. The van der Waals surface area contributed by atoms with Gasteiger partial charge in [0.15, 0.2) is 17.0 Å². The predicted octanol–water partition coefficient (Wildman–Crippen LogP) is 2.16. The van der Waals surface area contributed by atoms with Crippen molar-refractivity contribution in [3.05, 3.63) is 24.1 Å². The van der Waals surface area contributed by atoms with Crippen molar-refractivity contribution in [3.63, 3.8) is 0 Å². The normalized spacial score (nSPS) is 24.4. The van der Waals surface area contributed by atoms with E-state index in [1.165, 1.54) is 0 Å². The highest BCUT2D eigenvalue weighted by Gasteiger charge is 2.29. The molecule has 4 nitrogen and oxygen atoms in total. The van der Waals surface area contributed by atoms with Gasteiger partial charge in [0.05, 0.1) is 13.0 Å². The molecule has 1 aromatic heterocycles. The second kappa shape index (κ2) is 4.04. The van der Waals surface area contributed by atoms with Gasteiger partial charge in [-0.15, -0.1) is 0 Å². The number of benzene rings is 1. The lowest BCUT2D eigenvalue weighted by molar-refractivity contribution is 0.419. The van der Waals surface area contributed by atoms with Crippen molar-refractivity contribution in [3.8, 4) is 5.75 Å². The Labute approximate surface area is 100.0 Å². The quantitative estimate of drug-likeness (QED) is 0.862. The van der Waals surface area contributed by atoms with E-state index in [9.17, 15) is 0 Å². The number of methoxy groups -OCH3 is 1. The summed E-state index contributed by atoms with van der Waals surface area (Å²) in [6.45, 7) is 4.19. The monoisotopic (exact) mass is 232 g/mol. The van der Waals surface area contributed by atoms with E-state index in [1.54, 1.807) is 7.11 Å². The van der Waals surface area contributed by atoms with Crippen LogP contribution in [0.25, 0.3) is 11.1 Å². The Balaban J connectivity index is 2.07. The molecule has 90 valence electrons. The van der Waals surface area contributed by atoms with Crippen molar-refractivity contribution < 1.29 is 9.15 Å². The number of oxazole rings is 1. The highest BCUT2D eigenvalue weighted by Crippen LogP contribution is 2.32. The lowest BCUT2D eigenvalue weighted by atomic mass is 9.98. The Bertz CT molecular complexity index is 535. The van der Waals surface area contributed by atoms with Crippen LogP contribution in [-0.2, 0) is 0 Å². The standard InChI is InChI=1S/C13H16N2O2/c1-8-6-14-7-9(8)13-15-12-10(16-2)4-3-5-11(12)17-13/h3-5,8-9,14H,6-7H2,1-2H3. The predicted molar refractivity (Wildman–Crippen MR) is 65.3 cm³/mol. The molecule has 1 aromatic carbocycles. The Morgan fingerprint density at radius 3 is 3.00 bits per heavy atom. The number of nitrogens with zero attached hydrogens (tertiary/aromatic N) is 1. The first-order valence-electron chi connectivity index (χ1n) is 5.93. The van der Waals surface area contributed by atoms with E-state index in [2.05, 4.69) is 17.2 Å². The molecule has 0 bridgehead atoms. The minimum Gasteiger partial charge on any atom is -0.494 e. The maximum atomic E-state index is 5.83. The summed E-state index contributed by atoms with van der Waals surface area (Å²) >= 11 is 0. The minimum absolute atomic E-state index is 0.368. The van der Waals surface area contributed by atoms with Gasteiger partial charge >= 0.3 is 0 Å². The van der Waals surface area contributed by atoms with Gasteiger partial charge in [0.2, 0.25) is 0 Å². The fraction of sp³-hybridized carbons (Fsp3) is 0.462. The van der Waals surface area contributed by atoms with E-state index in [0.29, 0.717) is 11.8 Å². The first kappa shape index (κ1) is 10.6. The summed E-state index contributed by atoms with van der Waals surface area (Å²) in [5.74, 6) is 2.53. The second-order valence-electron chi connectivity index (χ2n) is 4.60. The number of ether oxygens (including phenoxy) is 1. The summed E-state index contributed by atoms with van der Waals surface area (Å²) in [6, 6.07) is 5.76. The molecule has 2 atom stereocenters. The number of rotatable bonds is 2. The maximum Gasteiger partial charge on any atom is 0.200 e. The van der Waals surface area contributed by atoms with Crippen LogP contribution < -0.4 is 10.1 Å². The molecule has 1 aliphatic heterocycles. The summed E-state index contributed by atoms with van der Waals surface area (Å²) < 4.78 is 11.1. The molecule has 1 saturated heterocycles. The van der Waals surface area contributed by atoms with Crippen LogP contribution in [0.3, 0.4) is 0 Å². The fourth-order valence-electron chi connectivity index (χ4n) is 2.40. The number of hydrogen-bond donors (Lipinski definition) is 1. The van der Waals surface area contributed by atoms with Gasteiger partial charge in [0.1, 0.15) is 5.75 Å². The summed E-state index contributed by atoms with van der Waals surface area (Å²) in [4.78, 5) is 4.58. The smallest absolute Gasteiger partial charge is 0.200 e. The van der Waals surface area contributed by atoms with Crippen LogP contribution in [0.5, 0.6) is 5.75 Å². The van der Waals surface area contributed by atoms with Crippen molar-refractivity contribution in [2.24, 2.45) is 5.92 Å². The summed E-state index contributed by atoms with van der Waals surface area (Å²) in [5.41, 5.74) is 1.63. The van der Waals surface area contributed by atoms with Crippen molar-refractivity contribution in [1.29, 1.82) is 0 Å². The molecule has 0 amide bonds. The zero-order valence-electron chi connectivity index (χ0n) is 10.1. The number of nitrogens with one attached hydrogen (secondary N) is 1. The molecule has 1 aliphatic rings. The fourth-order valence-corrected chi connectivity index (χ4v) is 2.40. The Hall–Kier alpha value is -1.55. The van der Waals surface area contributed by atoms with Gasteiger partial charge in [-0.3, -0.25) is 0 Å². The molecular weight excluding hydrogens is 216 g/mol. The summed E-state index contributed by atoms with van der Waals surface area (Å²) in [6.07, 6.45) is 0. The van der Waals surface area contributed by atoms with E-state index in [1.807, 2.05) is 18.2 Å². The lowest BCUT2D eigenvalue weighted by Crippen LogP contribution is -2.08. The lowest BCUT2D eigenvalue weighted by Gasteiger charge is -2.08. The molecule has 0 spiro atoms. The van der Waals surface area contributed by atoms with Crippen molar-refractivity contribution in [2.45, 2.75) is 12.8 Å². The van der Waals surface area contributed by atoms with Gasteiger partial charge in [-0.25, -0.2) is 4.98 Å². The third kappa shape index (κ3) is 1.69. The summed E-state index contributed by atoms with van der Waals surface area (Å²) in [7, 11) is 1.66. The Morgan fingerprint density at radius 1 is 1.41 bits per heavy atom. The highest BCUT2D eigenvalue weighted by atomic mass is 16.5. The van der Waals surface area contributed by atoms with E-state index in [0.717, 1.165) is 35.8 Å². The van der Waals surface area contributed by atoms with Gasteiger partial charge in [0.25, 0.3) is 0 Å². The highest BCUT2D eigenvalue weighted by molar-refractivity contribution is 5.79. The van der Waals surface area contributed by atoms with Gasteiger partial charge < -0.3 is 14.5 Å². The zero-order chi connectivity index (χ0) is 11.8. The molecule has 2 heterocycles. The van der Waals surface area contributed by atoms with E-state index in [4.69, 9.17) is 9.15 Å². The molecular formula is C13H16N2O2. The SMILES string of the molecule is COc1cccc2oc(C3CNCC3C)nc12. The average Bonchev–Trinajstić information content (AvgIpc) is 2.93. The van der Waals surface area contributed by atoms with Crippen LogP contribution in [0.1, 0.15) is 18.7 Å². The van der Waals surface area contributed by atoms with Gasteiger partial charge in [-0.1, -0.05) is 13.0 Å². The number of para-hydroxylation sites is 1. The first-order chi connectivity index (χ1) is 8.29. The van der Waals surface area contributed by atoms with E-state index >= 15 is 0 Å². The van der Waals surface area contributed by atoms with E-state index < -0.39 is 0 Å². The van der Waals surface area contributed by atoms with Crippen LogP contribution in [0.2, 0.25) is 0 Å². The second-order valence-corrected chi connectivity index (χ2v) is 4.60. The van der Waals surface area contributed by atoms with Crippen molar-refractivity contribution in [2.75, 3.05) is 20.2 Å². The first-order valence-corrected chi connectivity index (χ1v) is 5.93. The number of fused-ring (bicyclic) bond motifs is 1. The minimum atomic E-state index is 0.368. The molecule has 17 heavy (non-hydrogen) atoms. The Kier molecular flexibility index (Phi) is 2.52. The molecule has 2 aromatic rings. The van der Waals surface area contributed by atoms with Crippen molar-refractivity contribution in [1.82, 2.24) is 10.3 Å². The van der Waals surface area contributed by atoms with Gasteiger partial charge in [-0.05, 0) is 24.6 Å². The molecule has 0 saturated carbocycles. The third-order valence-corrected chi connectivity index (χ3v) is 3.45. The van der Waals surface area contributed by atoms with Gasteiger partial charge in [0, 0.05) is 6.54 Å². The maximum absolute atomic E-state index is 5.83. The number of hydrogen-bond acceptors (Lipinski definition) is 4. The van der Waals surface area contributed by atoms with Gasteiger partial charge in [-0.2, -0.15) is 0 Å². The summed E-state index contributed by atoms with van der Waals surface area (Å²) in [5, 5.41) is 3.36. The molecule has 0 radical (unpaired) electrons. The topological polar surface area (TPSA) is 47.3 Å². The van der Waals surface area contributed by atoms with Crippen LogP contribution >= 0.6 is 0 Å². The average molecular weight is 232 g/mol. The largest absolute Gasteiger partial charge is 0.494 e. The molecule has 1 fully saturated rings. The van der Waals surface area contributed by atoms with Crippen LogP contribution in [0, 0.1) is 5.92 Å².